The molecule has 0 aliphatic rings. The predicted octanol–water partition coefficient (Wildman–Crippen LogP) is 0.382. The molecule has 0 aliphatic heterocycles. The van der Waals surface area contributed by atoms with E-state index < -0.39 is 0 Å². The molecule has 2 amide bonds. The van der Waals surface area contributed by atoms with Crippen molar-refractivity contribution in [1.82, 2.24) is 25.4 Å². The third-order valence-electron chi connectivity index (χ3n) is 2.83. The lowest BCUT2D eigenvalue weighted by Crippen LogP contribution is -2.37. The molecule has 0 bridgehead atoms. The van der Waals surface area contributed by atoms with E-state index in [1.54, 1.807) is 21.0 Å². The van der Waals surface area contributed by atoms with Gasteiger partial charge in [-0.05, 0) is 0 Å². The van der Waals surface area contributed by atoms with Crippen molar-refractivity contribution in [2.75, 3.05) is 20.6 Å². The Morgan fingerprint density at radius 1 is 1.37 bits per heavy atom. The summed E-state index contributed by atoms with van der Waals surface area (Å²) < 4.78 is 0. The van der Waals surface area contributed by atoms with Crippen molar-refractivity contribution in [2.45, 2.75) is 26.7 Å². The lowest BCUT2D eigenvalue weighted by molar-refractivity contribution is -0.124. The van der Waals surface area contributed by atoms with Gasteiger partial charge in [0.15, 0.2) is 0 Å². The summed E-state index contributed by atoms with van der Waals surface area (Å²) in [6, 6.07) is 0. The molecule has 0 aromatic carbocycles. The summed E-state index contributed by atoms with van der Waals surface area (Å²) in [4.78, 5) is 29.1. The van der Waals surface area contributed by atoms with Crippen molar-refractivity contribution in [3.63, 3.8) is 0 Å². The van der Waals surface area contributed by atoms with Gasteiger partial charge in [0.05, 0.1) is 5.92 Å². The molecule has 0 radical (unpaired) electrons. The van der Waals surface area contributed by atoms with Crippen LogP contribution in [0.5, 0.6) is 0 Å². The second-order valence-corrected chi connectivity index (χ2v) is 4.90. The Labute approximate surface area is 112 Å². The fraction of sp³-hybridized carbons (Fsp3) is 0.667. The Morgan fingerprint density at radius 2 is 2.00 bits per heavy atom. The zero-order valence-electron chi connectivity index (χ0n) is 12.0. The smallest absolute Gasteiger partial charge is 0.293 e. The van der Waals surface area contributed by atoms with E-state index in [-0.39, 0.29) is 29.5 Å². The first-order valence-electron chi connectivity index (χ1n) is 6.26. The fourth-order valence-electron chi connectivity index (χ4n) is 1.62. The number of aromatic amines is 1. The molecular weight excluding hydrogens is 246 g/mol. The van der Waals surface area contributed by atoms with Gasteiger partial charge in [0.2, 0.25) is 11.7 Å². The number of hydrogen-bond acceptors (Lipinski definition) is 4. The van der Waals surface area contributed by atoms with E-state index >= 15 is 0 Å². The van der Waals surface area contributed by atoms with E-state index in [1.165, 1.54) is 4.90 Å². The molecule has 2 N–H and O–H groups in total. The van der Waals surface area contributed by atoms with Crippen LogP contribution in [0.2, 0.25) is 0 Å². The number of carbonyl (C=O) groups is 2. The number of aromatic nitrogens is 3. The topological polar surface area (TPSA) is 91.0 Å². The summed E-state index contributed by atoms with van der Waals surface area (Å²) in [7, 11) is 3.21. The van der Waals surface area contributed by atoms with Crippen LogP contribution < -0.4 is 5.32 Å². The number of rotatable bonds is 5. The Morgan fingerprint density at radius 3 is 2.47 bits per heavy atom. The molecule has 19 heavy (non-hydrogen) atoms. The van der Waals surface area contributed by atoms with Gasteiger partial charge in [-0.2, -0.15) is 0 Å². The van der Waals surface area contributed by atoms with Crippen LogP contribution in [0, 0.1) is 5.92 Å². The highest BCUT2D eigenvalue weighted by molar-refractivity contribution is 5.90. The molecule has 0 saturated heterocycles. The highest BCUT2D eigenvalue weighted by atomic mass is 16.2. The van der Waals surface area contributed by atoms with E-state index in [0.29, 0.717) is 12.4 Å². The van der Waals surface area contributed by atoms with Crippen LogP contribution in [-0.2, 0) is 4.79 Å². The molecule has 1 rings (SSSR count). The van der Waals surface area contributed by atoms with Crippen molar-refractivity contribution >= 4 is 11.8 Å². The average molecular weight is 267 g/mol. The molecule has 1 aromatic rings. The molecule has 0 fully saturated rings. The molecule has 0 spiro atoms. The molecule has 0 aliphatic carbocycles. The number of hydrogen-bond donors (Lipinski definition) is 2. The van der Waals surface area contributed by atoms with Gasteiger partial charge in [-0.25, -0.2) is 4.98 Å². The quantitative estimate of drug-likeness (QED) is 0.807. The lowest BCUT2D eigenvalue weighted by Gasteiger charge is -2.19. The minimum absolute atomic E-state index is 0.0995. The Bertz CT molecular complexity index is 455. The van der Waals surface area contributed by atoms with Crippen LogP contribution >= 0.6 is 0 Å². The molecule has 106 valence electrons. The van der Waals surface area contributed by atoms with Gasteiger partial charge in [0.25, 0.3) is 5.91 Å². The minimum Gasteiger partial charge on any atom is -0.359 e. The SMILES string of the molecule is CNC(=O)C(C)CN(C)C(=O)c1n[nH]c(C(C)C)n1. The van der Waals surface area contributed by atoms with E-state index in [2.05, 4.69) is 20.5 Å². The van der Waals surface area contributed by atoms with E-state index in [9.17, 15) is 9.59 Å². The summed E-state index contributed by atoms with van der Waals surface area (Å²) in [5.74, 6) is 0.328. The van der Waals surface area contributed by atoms with Gasteiger partial charge in [0.1, 0.15) is 5.82 Å². The van der Waals surface area contributed by atoms with E-state index in [1.807, 2.05) is 13.8 Å². The largest absolute Gasteiger partial charge is 0.359 e. The lowest BCUT2D eigenvalue weighted by atomic mass is 10.1. The Kier molecular flexibility index (Phi) is 5.02. The van der Waals surface area contributed by atoms with Crippen molar-refractivity contribution in [2.24, 2.45) is 5.92 Å². The van der Waals surface area contributed by atoms with Gasteiger partial charge in [-0.3, -0.25) is 14.7 Å². The molecule has 0 saturated carbocycles. The summed E-state index contributed by atoms with van der Waals surface area (Å²) in [6.07, 6.45) is 0. The highest BCUT2D eigenvalue weighted by Gasteiger charge is 2.21. The van der Waals surface area contributed by atoms with Gasteiger partial charge >= 0.3 is 0 Å². The average Bonchev–Trinajstić information content (AvgIpc) is 2.86. The number of nitrogens with one attached hydrogen (secondary N) is 2. The molecule has 1 aromatic heterocycles. The van der Waals surface area contributed by atoms with E-state index in [0.717, 1.165) is 0 Å². The summed E-state index contributed by atoms with van der Waals surface area (Å²) in [5, 5.41) is 9.20. The van der Waals surface area contributed by atoms with Crippen LogP contribution in [0.15, 0.2) is 0 Å². The van der Waals surface area contributed by atoms with Crippen LogP contribution in [-0.4, -0.2) is 52.5 Å². The van der Waals surface area contributed by atoms with Gasteiger partial charge in [-0.15, -0.1) is 5.10 Å². The molecule has 7 heteroatoms. The van der Waals surface area contributed by atoms with Crippen LogP contribution in [0.4, 0.5) is 0 Å². The van der Waals surface area contributed by atoms with Gasteiger partial charge < -0.3 is 10.2 Å². The number of amides is 2. The predicted molar refractivity (Wildman–Crippen MR) is 70.7 cm³/mol. The van der Waals surface area contributed by atoms with E-state index in [4.69, 9.17) is 0 Å². The summed E-state index contributed by atoms with van der Waals surface area (Å²) in [5.41, 5.74) is 0. The summed E-state index contributed by atoms with van der Waals surface area (Å²) in [6.45, 7) is 6.02. The van der Waals surface area contributed by atoms with Crippen LogP contribution in [0.1, 0.15) is 43.1 Å². The Hall–Kier alpha value is -1.92. The van der Waals surface area contributed by atoms with Gasteiger partial charge in [-0.1, -0.05) is 20.8 Å². The molecule has 1 heterocycles. The first kappa shape index (κ1) is 15.1. The van der Waals surface area contributed by atoms with Gasteiger partial charge in [0, 0.05) is 26.6 Å². The van der Waals surface area contributed by atoms with Crippen LogP contribution in [0.3, 0.4) is 0 Å². The summed E-state index contributed by atoms with van der Waals surface area (Å²) >= 11 is 0. The maximum absolute atomic E-state index is 12.1. The first-order chi connectivity index (χ1) is 8.86. The monoisotopic (exact) mass is 267 g/mol. The van der Waals surface area contributed by atoms with Crippen LogP contribution in [0.25, 0.3) is 0 Å². The number of H-pyrrole nitrogens is 1. The minimum atomic E-state index is -0.293. The Balaban J connectivity index is 2.68. The second kappa shape index (κ2) is 6.31. The number of carbonyl (C=O) groups excluding carboxylic acids is 2. The molecule has 1 atom stereocenters. The van der Waals surface area contributed by atoms with Crippen molar-refractivity contribution < 1.29 is 9.59 Å². The second-order valence-electron chi connectivity index (χ2n) is 4.90. The molecule has 1 unspecified atom stereocenters. The fourth-order valence-corrected chi connectivity index (χ4v) is 1.62. The maximum atomic E-state index is 12.1. The standard InChI is InChI=1S/C12H21N5O2/c1-7(2)9-14-10(16-15-9)12(19)17(5)6-8(3)11(18)13-4/h7-8H,6H2,1-5H3,(H,13,18)(H,14,15,16). The molecule has 7 nitrogen and oxygen atoms in total. The zero-order valence-corrected chi connectivity index (χ0v) is 12.0. The van der Waals surface area contributed by atoms with Crippen molar-refractivity contribution in [1.29, 1.82) is 0 Å². The van der Waals surface area contributed by atoms with Crippen molar-refractivity contribution in [3.05, 3.63) is 11.6 Å². The van der Waals surface area contributed by atoms with Crippen molar-refractivity contribution in [3.8, 4) is 0 Å². The maximum Gasteiger partial charge on any atom is 0.293 e. The first-order valence-corrected chi connectivity index (χ1v) is 6.26. The third kappa shape index (κ3) is 3.77. The zero-order chi connectivity index (χ0) is 14.6. The number of nitrogens with zero attached hydrogens (tertiary/aromatic N) is 3. The third-order valence-corrected chi connectivity index (χ3v) is 2.83. The highest BCUT2D eigenvalue weighted by Crippen LogP contribution is 2.09. The molecular formula is C12H21N5O2. The normalized spacial score (nSPS) is 12.3.